The third-order valence-corrected chi connectivity index (χ3v) is 4.87. The first-order chi connectivity index (χ1) is 13.5. The van der Waals surface area contributed by atoms with Gasteiger partial charge in [0.25, 0.3) is 0 Å². The fourth-order valence-corrected chi connectivity index (χ4v) is 3.16. The number of nitrogens with one attached hydrogen (secondary N) is 1. The SMILES string of the molecule is CCc1cccc(CC)c1NC(=O)CN(CCc1ccc(OC)cc1)C(C)=O. The number of hydrogen-bond acceptors (Lipinski definition) is 3. The van der Waals surface area contributed by atoms with Crippen molar-refractivity contribution in [3.8, 4) is 5.75 Å². The first-order valence-electron chi connectivity index (χ1n) is 9.77. The topological polar surface area (TPSA) is 58.6 Å². The molecule has 0 heterocycles. The molecule has 0 radical (unpaired) electrons. The average Bonchev–Trinajstić information content (AvgIpc) is 2.71. The number of methoxy groups -OCH3 is 1. The second kappa shape index (κ2) is 10.5. The summed E-state index contributed by atoms with van der Waals surface area (Å²) in [5.41, 5.74) is 4.20. The van der Waals surface area contributed by atoms with E-state index in [4.69, 9.17) is 4.74 Å². The Morgan fingerprint density at radius 2 is 1.61 bits per heavy atom. The van der Waals surface area contributed by atoms with E-state index in [-0.39, 0.29) is 18.4 Å². The molecule has 0 atom stereocenters. The molecule has 0 saturated heterocycles. The summed E-state index contributed by atoms with van der Waals surface area (Å²) in [4.78, 5) is 26.2. The number of carbonyl (C=O) groups is 2. The van der Waals surface area contributed by atoms with Gasteiger partial charge in [0.1, 0.15) is 5.75 Å². The monoisotopic (exact) mass is 382 g/mol. The maximum atomic E-state index is 12.6. The number of para-hydroxylation sites is 1. The van der Waals surface area contributed by atoms with Crippen molar-refractivity contribution in [2.45, 2.75) is 40.0 Å². The van der Waals surface area contributed by atoms with Crippen LogP contribution in [0, 0.1) is 0 Å². The van der Waals surface area contributed by atoms with Crippen LogP contribution in [-0.4, -0.2) is 36.9 Å². The number of hydrogen-bond donors (Lipinski definition) is 1. The lowest BCUT2D eigenvalue weighted by molar-refractivity contribution is -0.132. The molecule has 5 nitrogen and oxygen atoms in total. The second-order valence-corrected chi connectivity index (χ2v) is 6.75. The van der Waals surface area contributed by atoms with E-state index in [9.17, 15) is 9.59 Å². The second-order valence-electron chi connectivity index (χ2n) is 6.75. The third kappa shape index (κ3) is 5.84. The quantitative estimate of drug-likeness (QED) is 0.717. The van der Waals surface area contributed by atoms with Crippen molar-refractivity contribution in [2.24, 2.45) is 0 Å². The summed E-state index contributed by atoms with van der Waals surface area (Å²) >= 11 is 0. The zero-order chi connectivity index (χ0) is 20.5. The minimum Gasteiger partial charge on any atom is -0.497 e. The Morgan fingerprint density at radius 1 is 1.00 bits per heavy atom. The molecule has 0 spiro atoms. The summed E-state index contributed by atoms with van der Waals surface area (Å²) in [6.07, 6.45) is 2.37. The number of anilines is 1. The largest absolute Gasteiger partial charge is 0.497 e. The minimum absolute atomic E-state index is 0.0483. The molecule has 150 valence electrons. The molecule has 0 unspecified atom stereocenters. The molecular formula is C23H30N2O3. The number of amides is 2. The first-order valence-corrected chi connectivity index (χ1v) is 9.77. The van der Waals surface area contributed by atoms with E-state index in [0.29, 0.717) is 13.0 Å². The molecule has 0 aliphatic carbocycles. The zero-order valence-corrected chi connectivity index (χ0v) is 17.2. The molecular weight excluding hydrogens is 352 g/mol. The van der Waals surface area contributed by atoms with Crippen LogP contribution in [0.3, 0.4) is 0 Å². The van der Waals surface area contributed by atoms with Crippen LogP contribution in [0.1, 0.15) is 37.5 Å². The summed E-state index contributed by atoms with van der Waals surface area (Å²) < 4.78 is 5.16. The molecule has 0 saturated carbocycles. The van der Waals surface area contributed by atoms with Crippen LogP contribution in [0.25, 0.3) is 0 Å². The van der Waals surface area contributed by atoms with Crippen molar-refractivity contribution in [3.05, 3.63) is 59.2 Å². The number of aryl methyl sites for hydroxylation is 2. The van der Waals surface area contributed by atoms with Crippen LogP contribution >= 0.6 is 0 Å². The lowest BCUT2D eigenvalue weighted by atomic mass is 10.0. The smallest absolute Gasteiger partial charge is 0.244 e. The van der Waals surface area contributed by atoms with E-state index >= 15 is 0 Å². The van der Waals surface area contributed by atoms with Crippen molar-refractivity contribution >= 4 is 17.5 Å². The molecule has 0 bridgehead atoms. The van der Waals surface area contributed by atoms with Gasteiger partial charge >= 0.3 is 0 Å². The first kappa shape index (κ1) is 21.5. The number of ether oxygens (including phenoxy) is 1. The van der Waals surface area contributed by atoms with Gasteiger partial charge in [0.2, 0.25) is 11.8 Å². The number of benzene rings is 2. The predicted molar refractivity (Wildman–Crippen MR) is 113 cm³/mol. The van der Waals surface area contributed by atoms with Gasteiger partial charge in [-0.15, -0.1) is 0 Å². The van der Waals surface area contributed by atoms with Crippen molar-refractivity contribution in [1.29, 1.82) is 0 Å². The highest BCUT2D eigenvalue weighted by atomic mass is 16.5. The Bertz CT molecular complexity index is 778. The van der Waals surface area contributed by atoms with Gasteiger partial charge in [-0.05, 0) is 48.1 Å². The summed E-state index contributed by atoms with van der Waals surface area (Å²) in [5, 5.41) is 3.03. The highest BCUT2D eigenvalue weighted by Gasteiger charge is 2.16. The van der Waals surface area contributed by atoms with E-state index < -0.39 is 0 Å². The molecule has 0 aliphatic heterocycles. The van der Waals surface area contributed by atoms with Crippen LogP contribution in [-0.2, 0) is 28.9 Å². The molecule has 0 aliphatic rings. The Balaban J connectivity index is 2.01. The highest BCUT2D eigenvalue weighted by Crippen LogP contribution is 2.22. The van der Waals surface area contributed by atoms with Gasteiger partial charge < -0.3 is 15.0 Å². The molecule has 5 heteroatoms. The standard InChI is InChI=1S/C23H30N2O3/c1-5-19-8-7-9-20(6-2)23(19)24-22(27)16-25(17(3)26)15-14-18-10-12-21(28-4)13-11-18/h7-13H,5-6,14-16H2,1-4H3,(H,24,27). The van der Waals surface area contributed by atoms with E-state index in [1.165, 1.54) is 6.92 Å². The Kier molecular flexibility index (Phi) is 8.05. The van der Waals surface area contributed by atoms with Gasteiger partial charge in [0.15, 0.2) is 0 Å². The van der Waals surface area contributed by atoms with E-state index in [2.05, 4.69) is 19.2 Å². The van der Waals surface area contributed by atoms with Crippen LogP contribution < -0.4 is 10.1 Å². The van der Waals surface area contributed by atoms with Crippen LogP contribution in [0.4, 0.5) is 5.69 Å². The van der Waals surface area contributed by atoms with Crippen molar-refractivity contribution < 1.29 is 14.3 Å². The third-order valence-electron chi connectivity index (χ3n) is 4.87. The highest BCUT2D eigenvalue weighted by molar-refractivity contribution is 5.95. The normalized spacial score (nSPS) is 10.4. The van der Waals surface area contributed by atoms with Crippen LogP contribution in [0.2, 0.25) is 0 Å². The summed E-state index contributed by atoms with van der Waals surface area (Å²) in [5.74, 6) is 0.525. The Labute approximate surface area is 167 Å². The molecule has 2 aromatic carbocycles. The molecule has 1 N–H and O–H groups in total. The average molecular weight is 383 g/mol. The van der Waals surface area contributed by atoms with Crippen molar-refractivity contribution in [2.75, 3.05) is 25.5 Å². The molecule has 28 heavy (non-hydrogen) atoms. The fourth-order valence-electron chi connectivity index (χ4n) is 3.16. The van der Waals surface area contributed by atoms with Crippen molar-refractivity contribution in [1.82, 2.24) is 4.90 Å². The number of rotatable bonds is 9. The number of nitrogens with zero attached hydrogens (tertiary/aromatic N) is 1. The lowest BCUT2D eigenvalue weighted by Gasteiger charge is -2.22. The summed E-state index contributed by atoms with van der Waals surface area (Å²) in [6, 6.07) is 13.8. The van der Waals surface area contributed by atoms with Crippen LogP contribution in [0.15, 0.2) is 42.5 Å². The van der Waals surface area contributed by atoms with Crippen molar-refractivity contribution in [3.63, 3.8) is 0 Å². The van der Waals surface area contributed by atoms with E-state index in [1.807, 2.05) is 42.5 Å². The van der Waals surface area contributed by atoms with Gasteiger partial charge in [0.05, 0.1) is 13.7 Å². The summed E-state index contributed by atoms with van der Waals surface area (Å²) in [6.45, 7) is 6.18. The maximum Gasteiger partial charge on any atom is 0.244 e. The zero-order valence-electron chi connectivity index (χ0n) is 17.2. The molecule has 0 aromatic heterocycles. The molecule has 0 fully saturated rings. The Hall–Kier alpha value is -2.82. The van der Waals surface area contributed by atoms with Gasteiger partial charge in [0, 0.05) is 19.2 Å². The lowest BCUT2D eigenvalue weighted by Crippen LogP contribution is -2.38. The molecule has 2 rings (SSSR count). The predicted octanol–water partition coefficient (Wildman–Crippen LogP) is 3.85. The van der Waals surface area contributed by atoms with Gasteiger partial charge in [-0.25, -0.2) is 0 Å². The summed E-state index contributed by atoms with van der Waals surface area (Å²) in [7, 11) is 1.63. The van der Waals surface area contributed by atoms with Gasteiger partial charge in [-0.2, -0.15) is 0 Å². The fraction of sp³-hybridized carbons (Fsp3) is 0.391. The van der Waals surface area contributed by atoms with E-state index in [1.54, 1.807) is 12.0 Å². The minimum atomic E-state index is -0.166. The molecule has 2 aromatic rings. The number of carbonyl (C=O) groups excluding carboxylic acids is 2. The van der Waals surface area contributed by atoms with E-state index in [0.717, 1.165) is 41.0 Å². The van der Waals surface area contributed by atoms with Crippen LogP contribution in [0.5, 0.6) is 5.75 Å². The molecule has 2 amide bonds. The van der Waals surface area contributed by atoms with Gasteiger partial charge in [-0.3, -0.25) is 9.59 Å². The Morgan fingerprint density at radius 3 is 2.11 bits per heavy atom. The maximum absolute atomic E-state index is 12.6. The van der Waals surface area contributed by atoms with Gasteiger partial charge in [-0.1, -0.05) is 44.2 Å².